The average molecular weight is 394 g/mol. The van der Waals surface area contributed by atoms with Gasteiger partial charge in [-0.25, -0.2) is 4.79 Å². The van der Waals surface area contributed by atoms with E-state index in [4.69, 9.17) is 33.0 Å². The Hall–Kier alpha value is -2.24. The van der Waals surface area contributed by atoms with Gasteiger partial charge in [-0.15, -0.1) is 0 Å². The van der Waals surface area contributed by atoms with Crippen molar-refractivity contribution >= 4 is 40.8 Å². The lowest BCUT2D eigenvalue weighted by molar-refractivity contribution is 0.0696. The highest BCUT2D eigenvalue weighted by Crippen LogP contribution is 2.37. The Kier molecular flexibility index (Phi) is 5.69. The maximum absolute atomic E-state index is 12.4. The summed E-state index contributed by atoms with van der Waals surface area (Å²) in [5, 5.41) is 12.2. The van der Waals surface area contributed by atoms with Crippen LogP contribution in [0, 0.1) is 0 Å². The highest BCUT2D eigenvalue weighted by atomic mass is 35.5. The number of carbonyl (C=O) groups excluding carboxylic acids is 1. The Bertz CT molecular complexity index is 807. The van der Waals surface area contributed by atoms with Gasteiger partial charge >= 0.3 is 5.97 Å². The summed E-state index contributed by atoms with van der Waals surface area (Å²) in [6.07, 6.45) is 4.31. The molecular weight excluding hydrogens is 377 g/mol. The zero-order valence-corrected chi connectivity index (χ0v) is 15.3. The molecule has 3 rings (SSSR count). The van der Waals surface area contributed by atoms with Crippen LogP contribution >= 0.6 is 23.2 Å². The van der Waals surface area contributed by atoms with Crippen molar-refractivity contribution in [2.45, 2.75) is 31.8 Å². The molecule has 2 N–H and O–H groups in total. The van der Waals surface area contributed by atoms with E-state index in [1.54, 1.807) is 0 Å². The minimum Gasteiger partial charge on any atom is -0.487 e. The van der Waals surface area contributed by atoms with Gasteiger partial charge in [0.15, 0.2) is 5.75 Å². The number of anilines is 1. The van der Waals surface area contributed by atoms with Gasteiger partial charge in [-0.1, -0.05) is 23.2 Å². The fourth-order valence-corrected chi connectivity index (χ4v) is 3.45. The lowest BCUT2D eigenvalue weighted by Crippen LogP contribution is -2.14. The molecule has 136 valence electrons. The zero-order chi connectivity index (χ0) is 18.7. The normalized spacial score (nSPS) is 14.2. The van der Waals surface area contributed by atoms with E-state index in [2.05, 4.69) is 5.32 Å². The van der Waals surface area contributed by atoms with E-state index in [0.717, 1.165) is 25.7 Å². The van der Waals surface area contributed by atoms with Gasteiger partial charge in [-0.2, -0.15) is 0 Å². The van der Waals surface area contributed by atoms with Crippen LogP contribution in [0.4, 0.5) is 5.69 Å². The summed E-state index contributed by atoms with van der Waals surface area (Å²) in [4.78, 5) is 23.3. The van der Waals surface area contributed by atoms with Crippen molar-refractivity contribution in [2.75, 3.05) is 5.32 Å². The van der Waals surface area contributed by atoms with Crippen molar-refractivity contribution in [2.24, 2.45) is 0 Å². The molecule has 2 aromatic carbocycles. The molecule has 1 aliphatic carbocycles. The second kappa shape index (κ2) is 7.98. The van der Waals surface area contributed by atoms with Gasteiger partial charge < -0.3 is 15.2 Å². The monoisotopic (exact) mass is 393 g/mol. The maximum Gasteiger partial charge on any atom is 0.335 e. The second-order valence-electron chi connectivity index (χ2n) is 6.13. The largest absolute Gasteiger partial charge is 0.487 e. The van der Waals surface area contributed by atoms with Gasteiger partial charge in [0, 0.05) is 11.3 Å². The molecule has 7 heteroatoms. The number of nitrogens with one attached hydrogen (secondary N) is 1. The minimum atomic E-state index is -1.03. The first-order chi connectivity index (χ1) is 12.4. The predicted molar refractivity (Wildman–Crippen MR) is 101 cm³/mol. The van der Waals surface area contributed by atoms with E-state index in [9.17, 15) is 9.59 Å². The Morgan fingerprint density at radius 1 is 1.00 bits per heavy atom. The third-order valence-electron chi connectivity index (χ3n) is 4.24. The number of hydrogen-bond donors (Lipinski definition) is 2. The SMILES string of the molecule is O=C(O)c1ccc(NC(=O)c2cc(Cl)c(OC3CCCC3)c(Cl)c2)cc1. The first-order valence-corrected chi connectivity index (χ1v) is 9.00. The Labute approximate surface area is 160 Å². The maximum atomic E-state index is 12.4. The fourth-order valence-electron chi connectivity index (χ4n) is 2.88. The van der Waals surface area contributed by atoms with Crippen LogP contribution in [-0.4, -0.2) is 23.1 Å². The summed E-state index contributed by atoms with van der Waals surface area (Å²) in [6, 6.07) is 8.88. The minimum absolute atomic E-state index is 0.109. The van der Waals surface area contributed by atoms with Crippen molar-refractivity contribution in [1.29, 1.82) is 0 Å². The number of carbonyl (C=O) groups is 2. The van der Waals surface area contributed by atoms with Crippen molar-refractivity contribution in [3.05, 3.63) is 57.6 Å². The molecule has 0 spiro atoms. The molecule has 0 saturated heterocycles. The number of rotatable bonds is 5. The van der Waals surface area contributed by atoms with Crippen molar-refractivity contribution in [3.8, 4) is 5.75 Å². The zero-order valence-electron chi connectivity index (χ0n) is 13.8. The summed E-state index contributed by atoms with van der Waals surface area (Å²) in [7, 11) is 0. The molecule has 0 heterocycles. The highest BCUT2D eigenvalue weighted by molar-refractivity contribution is 6.37. The molecule has 0 atom stereocenters. The van der Waals surface area contributed by atoms with Crippen LogP contribution in [0.25, 0.3) is 0 Å². The second-order valence-corrected chi connectivity index (χ2v) is 6.94. The molecule has 2 aromatic rings. The van der Waals surface area contributed by atoms with Gasteiger partial charge in [-0.05, 0) is 62.1 Å². The first-order valence-electron chi connectivity index (χ1n) is 8.24. The highest BCUT2D eigenvalue weighted by Gasteiger charge is 2.21. The van der Waals surface area contributed by atoms with Crippen LogP contribution in [-0.2, 0) is 0 Å². The topological polar surface area (TPSA) is 75.6 Å². The van der Waals surface area contributed by atoms with Gasteiger partial charge in [0.25, 0.3) is 5.91 Å². The molecule has 1 fully saturated rings. The molecule has 1 saturated carbocycles. The van der Waals surface area contributed by atoms with Gasteiger partial charge in [0.2, 0.25) is 0 Å². The predicted octanol–water partition coefficient (Wildman–Crippen LogP) is 5.27. The first kappa shape index (κ1) is 18.5. The van der Waals surface area contributed by atoms with Crippen LogP contribution < -0.4 is 10.1 Å². The van der Waals surface area contributed by atoms with E-state index >= 15 is 0 Å². The Morgan fingerprint density at radius 3 is 2.12 bits per heavy atom. The molecular formula is C19H17Cl2NO4. The molecule has 0 aliphatic heterocycles. The van der Waals surface area contributed by atoms with Crippen LogP contribution in [0.5, 0.6) is 5.75 Å². The van der Waals surface area contributed by atoms with Crippen molar-refractivity contribution in [1.82, 2.24) is 0 Å². The Balaban J connectivity index is 1.73. The lowest BCUT2D eigenvalue weighted by atomic mass is 10.1. The standard InChI is InChI=1S/C19H17Cl2NO4/c20-15-9-12(10-16(21)17(15)26-14-3-1-2-4-14)18(23)22-13-7-5-11(6-8-13)19(24)25/h5-10,14H,1-4H2,(H,22,23)(H,24,25). The number of benzene rings is 2. The van der Waals surface area contributed by atoms with Crippen LogP contribution in [0.1, 0.15) is 46.4 Å². The van der Waals surface area contributed by atoms with E-state index in [0.29, 0.717) is 17.0 Å². The molecule has 0 bridgehead atoms. The van der Waals surface area contributed by atoms with E-state index in [1.165, 1.54) is 36.4 Å². The van der Waals surface area contributed by atoms with Crippen molar-refractivity contribution in [3.63, 3.8) is 0 Å². The van der Waals surface area contributed by atoms with Gasteiger partial charge in [-0.3, -0.25) is 4.79 Å². The molecule has 1 amide bonds. The summed E-state index contributed by atoms with van der Waals surface area (Å²) < 4.78 is 5.87. The third-order valence-corrected chi connectivity index (χ3v) is 4.80. The van der Waals surface area contributed by atoms with Crippen LogP contribution in [0.2, 0.25) is 10.0 Å². The molecule has 0 aromatic heterocycles. The van der Waals surface area contributed by atoms with E-state index in [1.807, 2.05) is 0 Å². The number of hydrogen-bond acceptors (Lipinski definition) is 3. The number of aromatic carboxylic acids is 1. The Morgan fingerprint density at radius 2 is 1.58 bits per heavy atom. The fraction of sp³-hybridized carbons (Fsp3) is 0.263. The number of carboxylic acid groups (broad SMARTS) is 1. The summed E-state index contributed by atoms with van der Waals surface area (Å²) in [6.45, 7) is 0. The van der Waals surface area contributed by atoms with Crippen molar-refractivity contribution < 1.29 is 19.4 Å². The third kappa shape index (κ3) is 4.29. The molecule has 0 radical (unpaired) electrons. The molecule has 0 unspecified atom stereocenters. The summed E-state index contributed by atoms with van der Waals surface area (Å²) >= 11 is 12.5. The van der Waals surface area contributed by atoms with Crippen LogP contribution in [0.3, 0.4) is 0 Å². The smallest absolute Gasteiger partial charge is 0.335 e. The lowest BCUT2D eigenvalue weighted by Gasteiger charge is -2.16. The summed E-state index contributed by atoms with van der Waals surface area (Å²) in [5.41, 5.74) is 0.905. The number of halogens is 2. The number of amides is 1. The molecule has 5 nitrogen and oxygen atoms in total. The number of carboxylic acids is 1. The molecule has 1 aliphatic rings. The van der Waals surface area contributed by atoms with E-state index in [-0.39, 0.29) is 21.7 Å². The quantitative estimate of drug-likeness (QED) is 0.725. The van der Waals surface area contributed by atoms with Gasteiger partial charge in [0.1, 0.15) is 0 Å². The number of ether oxygens (including phenoxy) is 1. The molecule has 26 heavy (non-hydrogen) atoms. The average Bonchev–Trinajstić information content (AvgIpc) is 3.11. The van der Waals surface area contributed by atoms with Gasteiger partial charge in [0.05, 0.1) is 21.7 Å². The van der Waals surface area contributed by atoms with E-state index < -0.39 is 11.9 Å². The van der Waals surface area contributed by atoms with Crippen LogP contribution in [0.15, 0.2) is 36.4 Å². The summed E-state index contributed by atoms with van der Waals surface area (Å²) in [5.74, 6) is -1.02.